The van der Waals surface area contributed by atoms with Crippen LogP contribution in [-0.4, -0.2) is 16.1 Å². The zero-order chi connectivity index (χ0) is 13.1. The molecule has 94 valence electrons. The van der Waals surface area contributed by atoms with Crippen LogP contribution in [0.25, 0.3) is 11.3 Å². The summed E-state index contributed by atoms with van der Waals surface area (Å²) >= 11 is 0. The third kappa shape index (κ3) is 2.91. The Morgan fingerprint density at radius 1 is 1.28 bits per heavy atom. The Morgan fingerprint density at radius 2 is 1.94 bits per heavy atom. The van der Waals surface area contributed by atoms with Gasteiger partial charge in [-0.1, -0.05) is 0 Å². The zero-order valence-electron chi connectivity index (χ0n) is 9.19. The molecule has 0 saturated heterocycles. The quantitative estimate of drug-likeness (QED) is 0.909. The van der Waals surface area contributed by atoms with E-state index in [1.807, 2.05) is 0 Å². The number of hydrogen-bond donors (Lipinski definition) is 1. The predicted octanol–water partition coefficient (Wildman–Crippen LogP) is 2.64. The molecule has 0 radical (unpaired) electrons. The highest BCUT2D eigenvalue weighted by atomic mass is 19.1. The average Bonchev–Trinajstić information content (AvgIpc) is 2.73. The molecule has 0 unspecified atom stereocenters. The van der Waals surface area contributed by atoms with Gasteiger partial charge in [0.1, 0.15) is 11.6 Å². The lowest BCUT2D eigenvalue weighted by Crippen LogP contribution is -1.97. The Morgan fingerprint density at radius 3 is 2.56 bits per heavy atom. The van der Waals surface area contributed by atoms with E-state index in [4.69, 9.17) is 9.52 Å². The molecule has 4 nitrogen and oxygen atoms in total. The lowest BCUT2D eigenvalue weighted by atomic mass is 10.2. The molecule has 0 atom stereocenters. The fourth-order valence-corrected chi connectivity index (χ4v) is 1.47. The fraction of sp³-hybridized carbons (Fsp3) is 0.167. The van der Waals surface area contributed by atoms with Crippen molar-refractivity contribution in [1.29, 1.82) is 0 Å². The van der Waals surface area contributed by atoms with Crippen LogP contribution in [0.3, 0.4) is 0 Å². The fourth-order valence-electron chi connectivity index (χ4n) is 1.47. The van der Waals surface area contributed by atoms with Crippen molar-refractivity contribution in [3.8, 4) is 11.3 Å². The van der Waals surface area contributed by atoms with E-state index in [1.165, 1.54) is 6.20 Å². The van der Waals surface area contributed by atoms with Crippen molar-refractivity contribution in [2.24, 2.45) is 0 Å². The van der Waals surface area contributed by atoms with Crippen LogP contribution in [0.2, 0.25) is 0 Å². The summed E-state index contributed by atoms with van der Waals surface area (Å²) < 4.78 is 31.2. The van der Waals surface area contributed by atoms with Crippen molar-refractivity contribution in [2.75, 3.05) is 0 Å². The zero-order valence-corrected chi connectivity index (χ0v) is 9.19. The molecule has 1 N–H and O–H groups in total. The number of carboxylic acid groups (broad SMARTS) is 1. The Balaban J connectivity index is 2.21. The van der Waals surface area contributed by atoms with Gasteiger partial charge in [0.15, 0.2) is 11.7 Å². The third-order valence-corrected chi connectivity index (χ3v) is 2.25. The van der Waals surface area contributed by atoms with Crippen molar-refractivity contribution < 1.29 is 23.1 Å². The summed E-state index contributed by atoms with van der Waals surface area (Å²) in [5, 5.41) is 8.50. The van der Waals surface area contributed by atoms with Crippen LogP contribution in [0.1, 0.15) is 12.3 Å². The van der Waals surface area contributed by atoms with Crippen LogP contribution in [0, 0.1) is 11.6 Å². The molecule has 1 aromatic carbocycles. The van der Waals surface area contributed by atoms with E-state index < -0.39 is 17.6 Å². The average molecular weight is 253 g/mol. The topological polar surface area (TPSA) is 63.3 Å². The maximum atomic E-state index is 13.0. The highest BCUT2D eigenvalue weighted by Gasteiger charge is 2.10. The molecular formula is C12H9F2NO3. The van der Waals surface area contributed by atoms with Crippen molar-refractivity contribution in [2.45, 2.75) is 12.8 Å². The number of hydrogen-bond acceptors (Lipinski definition) is 3. The summed E-state index contributed by atoms with van der Waals surface area (Å²) in [7, 11) is 0. The number of aryl methyl sites for hydroxylation is 1. The molecule has 0 amide bonds. The molecular weight excluding hydrogens is 244 g/mol. The second-order valence-electron chi connectivity index (χ2n) is 3.67. The predicted molar refractivity (Wildman–Crippen MR) is 57.8 cm³/mol. The summed E-state index contributed by atoms with van der Waals surface area (Å²) in [4.78, 5) is 14.2. The Bertz CT molecular complexity index is 560. The normalized spacial score (nSPS) is 10.6. The first-order valence-corrected chi connectivity index (χ1v) is 5.17. The Hall–Kier alpha value is -2.24. The summed E-state index contributed by atoms with van der Waals surface area (Å²) in [6, 6.07) is 2.99. The van der Waals surface area contributed by atoms with E-state index in [0.717, 1.165) is 18.2 Å². The van der Waals surface area contributed by atoms with Crippen LogP contribution in [-0.2, 0) is 11.2 Å². The van der Waals surface area contributed by atoms with Gasteiger partial charge in [-0.2, -0.15) is 0 Å². The van der Waals surface area contributed by atoms with Gasteiger partial charge < -0.3 is 9.52 Å². The van der Waals surface area contributed by atoms with Crippen LogP contribution >= 0.6 is 0 Å². The largest absolute Gasteiger partial charge is 0.481 e. The van der Waals surface area contributed by atoms with E-state index in [9.17, 15) is 13.6 Å². The van der Waals surface area contributed by atoms with Gasteiger partial charge in [-0.15, -0.1) is 0 Å². The molecule has 6 heteroatoms. The number of rotatable bonds is 4. The van der Waals surface area contributed by atoms with Crippen LogP contribution < -0.4 is 0 Å². The molecule has 0 fully saturated rings. The van der Waals surface area contributed by atoms with Gasteiger partial charge in [0.25, 0.3) is 0 Å². The minimum Gasteiger partial charge on any atom is -0.481 e. The first kappa shape index (κ1) is 12.2. The molecule has 2 aromatic rings. The van der Waals surface area contributed by atoms with E-state index in [0.29, 0.717) is 0 Å². The number of benzene rings is 1. The molecule has 1 aromatic heterocycles. The van der Waals surface area contributed by atoms with Crippen molar-refractivity contribution in [3.05, 3.63) is 41.9 Å². The lowest BCUT2D eigenvalue weighted by molar-refractivity contribution is -0.137. The highest BCUT2D eigenvalue weighted by molar-refractivity contribution is 5.66. The molecule has 0 spiro atoms. The maximum absolute atomic E-state index is 13.0. The van der Waals surface area contributed by atoms with Gasteiger partial charge in [-0.25, -0.2) is 13.8 Å². The molecule has 0 aliphatic rings. The first-order valence-electron chi connectivity index (χ1n) is 5.17. The Labute approximate surface area is 101 Å². The number of nitrogens with zero attached hydrogens (tertiary/aromatic N) is 1. The van der Waals surface area contributed by atoms with Crippen LogP contribution in [0.15, 0.2) is 28.8 Å². The SMILES string of the molecule is O=C(O)CCc1ncc(-c2cc(F)cc(F)c2)o1. The van der Waals surface area contributed by atoms with Crippen LogP contribution in [0.5, 0.6) is 0 Å². The second-order valence-corrected chi connectivity index (χ2v) is 3.67. The Kier molecular flexibility index (Phi) is 3.36. The summed E-state index contributed by atoms with van der Waals surface area (Å²) in [6.07, 6.45) is 1.33. The summed E-state index contributed by atoms with van der Waals surface area (Å²) in [5.74, 6) is -1.97. The number of carbonyl (C=O) groups is 1. The third-order valence-electron chi connectivity index (χ3n) is 2.25. The molecule has 0 bridgehead atoms. The van der Waals surface area contributed by atoms with E-state index in [1.54, 1.807) is 0 Å². The molecule has 18 heavy (non-hydrogen) atoms. The number of oxazole rings is 1. The van der Waals surface area contributed by atoms with Crippen molar-refractivity contribution in [1.82, 2.24) is 4.98 Å². The van der Waals surface area contributed by atoms with Crippen molar-refractivity contribution in [3.63, 3.8) is 0 Å². The number of aliphatic carboxylic acids is 1. The first-order chi connectivity index (χ1) is 8.54. The molecule has 0 aliphatic heterocycles. The lowest BCUT2D eigenvalue weighted by Gasteiger charge is -1.97. The molecule has 2 rings (SSSR count). The van der Waals surface area contributed by atoms with Crippen LogP contribution in [0.4, 0.5) is 8.78 Å². The van der Waals surface area contributed by atoms with E-state index in [2.05, 4.69) is 4.98 Å². The number of aromatic nitrogens is 1. The molecule has 0 aliphatic carbocycles. The highest BCUT2D eigenvalue weighted by Crippen LogP contribution is 2.22. The second kappa shape index (κ2) is 4.95. The number of halogens is 2. The smallest absolute Gasteiger partial charge is 0.303 e. The standard InChI is InChI=1S/C12H9F2NO3/c13-8-3-7(4-9(14)5-8)10-6-15-11(18-10)1-2-12(16)17/h3-6H,1-2H2,(H,16,17). The summed E-state index contributed by atoms with van der Waals surface area (Å²) in [5.41, 5.74) is 0.224. The molecule has 1 heterocycles. The van der Waals surface area contributed by atoms with Gasteiger partial charge in [-0.3, -0.25) is 4.79 Å². The monoisotopic (exact) mass is 253 g/mol. The minimum absolute atomic E-state index is 0.114. The van der Waals surface area contributed by atoms with Gasteiger partial charge in [0.2, 0.25) is 0 Å². The summed E-state index contributed by atoms with van der Waals surface area (Å²) in [6.45, 7) is 0. The van der Waals surface area contributed by atoms with E-state index >= 15 is 0 Å². The van der Waals surface area contributed by atoms with E-state index in [-0.39, 0.29) is 30.1 Å². The van der Waals surface area contributed by atoms with Gasteiger partial charge in [0.05, 0.1) is 12.6 Å². The molecule has 0 saturated carbocycles. The van der Waals surface area contributed by atoms with Gasteiger partial charge in [-0.05, 0) is 12.1 Å². The number of carboxylic acids is 1. The van der Waals surface area contributed by atoms with Gasteiger partial charge >= 0.3 is 5.97 Å². The minimum atomic E-state index is -0.966. The van der Waals surface area contributed by atoms with Crippen molar-refractivity contribution >= 4 is 5.97 Å². The maximum Gasteiger partial charge on any atom is 0.303 e. The van der Waals surface area contributed by atoms with Gasteiger partial charge in [0, 0.05) is 18.1 Å².